The van der Waals surface area contributed by atoms with E-state index in [0.29, 0.717) is 29.6 Å². The molecule has 5 nitrogen and oxygen atoms in total. The molecule has 1 amide bonds. The zero-order valence-corrected chi connectivity index (χ0v) is 13.8. The van der Waals surface area contributed by atoms with Crippen molar-refractivity contribution in [3.8, 4) is 5.75 Å². The van der Waals surface area contributed by atoms with Gasteiger partial charge in [0.05, 0.1) is 0 Å². The number of fused-ring (bicyclic) bond motifs is 1. The minimum Gasteiger partial charge on any atom is -0.472 e. The lowest BCUT2D eigenvalue weighted by atomic mass is 9.83. The SMILES string of the molecule is NC(=O)c1ccc(F)c2c1CCC(N(C1CCC1)C1CCC1)O2.O. The highest BCUT2D eigenvalue weighted by molar-refractivity contribution is 5.95. The quantitative estimate of drug-likeness (QED) is 0.914. The maximum Gasteiger partial charge on any atom is 0.249 e. The summed E-state index contributed by atoms with van der Waals surface area (Å²) in [5, 5.41) is 0. The Kier molecular flexibility index (Phi) is 4.78. The Bertz CT molecular complexity index is 615. The van der Waals surface area contributed by atoms with Gasteiger partial charge in [0.2, 0.25) is 5.91 Å². The average molecular weight is 336 g/mol. The van der Waals surface area contributed by atoms with Gasteiger partial charge in [-0.2, -0.15) is 0 Å². The molecule has 1 aliphatic heterocycles. The van der Waals surface area contributed by atoms with E-state index in [0.717, 1.165) is 6.42 Å². The molecule has 2 fully saturated rings. The monoisotopic (exact) mass is 336 g/mol. The van der Waals surface area contributed by atoms with Gasteiger partial charge in [0.1, 0.15) is 0 Å². The van der Waals surface area contributed by atoms with E-state index < -0.39 is 11.7 Å². The van der Waals surface area contributed by atoms with Gasteiger partial charge >= 0.3 is 0 Å². The lowest BCUT2D eigenvalue weighted by Crippen LogP contribution is -2.57. The number of carbonyl (C=O) groups excluding carboxylic acids is 1. The normalized spacial score (nSPS) is 23.5. The predicted molar refractivity (Wildman–Crippen MR) is 88.4 cm³/mol. The van der Waals surface area contributed by atoms with Crippen molar-refractivity contribution in [2.45, 2.75) is 69.7 Å². The summed E-state index contributed by atoms with van der Waals surface area (Å²) < 4.78 is 20.3. The molecule has 1 aromatic carbocycles. The Balaban J connectivity index is 0.00000169. The average Bonchev–Trinajstić information content (AvgIpc) is 2.42. The number of halogens is 1. The predicted octanol–water partition coefficient (Wildman–Crippen LogP) is 2.16. The van der Waals surface area contributed by atoms with E-state index in [1.54, 1.807) is 0 Å². The number of amides is 1. The third kappa shape index (κ3) is 2.78. The summed E-state index contributed by atoms with van der Waals surface area (Å²) in [6.07, 6.45) is 8.78. The number of carbonyl (C=O) groups is 1. The molecule has 24 heavy (non-hydrogen) atoms. The number of primary amides is 1. The van der Waals surface area contributed by atoms with Crippen LogP contribution in [0.2, 0.25) is 0 Å². The Morgan fingerprint density at radius 3 is 2.25 bits per heavy atom. The summed E-state index contributed by atoms with van der Waals surface area (Å²) in [4.78, 5) is 14.1. The van der Waals surface area contributed by atoms with Crippen molar-refractivity contribution in [1.82, 2.24) is 4.90 Å². The first kappa shape index (κ1) is 17.2. The second-order valence-electron chi connectivity index (χ2n) is 6.99. The summed E-state index contributed by atoms with van der Waals surface area (Å²) in [6, 6.07) is 3.91. The molecule has 0 radical (unpaired) electrons. The van der Waals surface area contributed by atoms with Crippen molar-refractivity contribution < 1.29 is 19.4 Å². The fraction of sp³-hybridized carbons (Fsp3) is 0.611. The highest BCUT2D eigenvalue weighted by Crippen LogP contribution is 2.40. The zero-order valence-electron chi connectivity index (χ0n) is 13.8. The summed E-state index contributed by atoms with van der Waals surface area (Å²) in [7, 11) is 0. The Hall–Kier alpha value is -1.66. The van der Waals surface area contributed by atoms with E-state index in [1.165, 1.54) is 50.7 Å². The van der Waals surface area contributed by atoms with Crippen LogP contribution < -0.4 is 10.5 Å². The van der Waals surface area contributed by atoms with Crippen LogP contribution in [-0.4, -0.2) is 34.6 Å². The van der Waals surface area contributed by atoms with Gasteiger partial charge in [-0.15, -0.1) is 0 Å². The summed E-state index contributed by atoms with van der Waals surface area (Å²) >= 11 is 0. The molecule has 6 heteroatoms. The summed E-state index contributed by atoms with van der Waals surface area (Å²) in [6.45, 7) is 0. The van der Waals surface area contributed by atoms with Crippen LogP contribution in [0.15, 0.2) is 12.1 Å². The first-order valence-electron chi connectivity index (χ1n) is 8.70. The third-order valence-electron chi connectivity index (χ3n) is 5.70. The first-order chi connectivity index (χ1) is 11.1. The smallest absolute Gasteiger partial charge is 0.249 e. The van der Waals surface area contributed by atoms with Crippen molar-refractivity contribution in [1.29, 1.82) is 0 Å². The van der Waals surface area contributed by atoms with E-state index in [9.17, 15) is 9.18 Å². The number of hydrogen-bond acceptors (Lipinski definition) is 3. The highest BCUT2D eigenvalue weighted by Gasteiger charge is 2.41. The van der Waals surface area contributed by atoms with E-state index >= 15 is 0 Å². The third-order valence-corrected chi connectivity index (χ3v) is 5.70. The van der Waals surface area contributed by atoms with Gasteiger partial charge in [-0.05, 0) is 44.2 Å². The molecule has 132 valence electrons. The zero-order chi connectivity index (χ0) is 16.0. The van der Waals surface area contributed by atoms with Crippen molar-refractivity contribution >= 4 is 5.91 Å². The number of rotatable bonds is 4. The van der Waals surface area contributed by atoms with E-state index in [2.05, 4.69) is 4.90 Å². The van der Waals surface area contributed by atoms with Crippen LogP contribution in [0.25, 0.3) is 0 Å². The molecule has 2 aliphatic carbocycles. The lowest BCUT2D eigenvalue weighted by molar-refractivity contribution is -0.0879. The molecule has 1 aromatic rings. The van der Waals surface area contributed by atoms with Gasteiger partial charge in [-0.1, -0.05) is 12.8 Å². The fourth-order valence-electron chi connectivity index (χ4n) is 4.02. The highest BCUT2D eigenvalue weighted by atomic mass is 19.1. The topological polar surface area (TPSA) is 87.1 Å². The van der Waals surface area contributed by atoms with E-state index in [1.807, 2.05) is 0 Å². The summed E-state index contributed by atoms with van der Waals surface area (Å²) in [5.74, 6) is -0.670. The van der Waals surface area contributed by atoms with Crippen molar-refractivity contribution in [3.05, 3.63) is 29.1 Å². The number of benzene rings is 1. The maximum atomic E-state index is 14.2. The first-order valence-corrected chi connectivity index (χ1v) is 8.70. The lowest BCUT2D eigenvalue weighted by Gasteiger charge is -2.50. The molecule has 0 bridgehead atoms. The largest absolute Gasteiger partial charge is 0.472 e. The number of hydrogen-bond donors (Lipinski definition) is 1. The maximum absolute atomic E-state index is 14.2. The Morgan fingerprint density at radius 2 is 1.75 bits per heavy atom. The van der Waals surface area contributed by atoms with Crippen molar-refractivity contribution in [3.63, 3.8) is 0 Å². The van der Waals surface area contributed by atoms with E-state index in [-0.39, 0.29) is 17.5 Å². The van der Waals surface area contributed by atoms with Gasteiger partial charge in [-0.3, -0.25) is 9.69 Å². The minimum absolute atomic E-state index is 0. The second kappa shape index (κ2) is 6.69. The number of nitrogens with zero attached hydrogens (tertiary/aromatic N) is 1. The minimum atomic E-state index is -0.516. The molecular formula is C18H25FN2O3. The van der Waals surface area contributed by atoms with Crippen LogP contribution in [0.3, 0.4) is 0 Å². The van der Waals surface area contributed by atoms with Crippen LogP contribution in [-0.2, 0) is 6.42 Å². The summed E-state index contributed by atoms with van der Waals surface area (Å²) in [5.41, 5.74) is 6.44. The Morgan fingerprint density at radius 1 is 1.12 bits per heavy atom. The molecule has 1 heterocycles. The Labute approximate surface area is 141 Å². The van der Waals surface area contributed by atoms with E-state index in [4.69, 9.17) is 10.5 Å². The molecule has 4 rings (SSSR count). The van der Waals surface area contributed by atoms with Crippen LogP contribution >= 0.6 is 0 Å². The van der Waals surface area contributed by atoms with Crippen molar-refractivity contribution in [2.24, 2.45) is 5.73 Å². The molecule has 1 unspecified atom stereocenters. The molecule has 1 atom stereocenters. The molecule has 0 saturated heterocycles. The fourth-order valence-corrected chi connectivity index (χ4v) is 4.02. The van der Waals surface area contributed by atoms with Crippen LogP contribution in [0.1, 0.15) is 60.9 Å². The van der Waals surface area contributed by atoms with Gasteiger partial charge in [0, 0.05) is 29.6 Å². The number of ether oxygens (including phenoxy) is 1. The van der Waals surface area contributed by atoms with Crippen LogP contribution in [0.5, 0.6) is 5.75 Å². The van der Waals surface area contributed by atoms with Gasteiger partial charge in [0.15, 0.2) is 17.8 Å². The van der Waals surface area contributed by atoms with Gasteiger partial charge in [-0.25, -0.2) is 4.39 Å². The van der Waals surface area contributed by atoms with Crippen molar-refractivity contribution in [2.75, 3.05) is 0 Å². The van der Waals surface area contributed by atoms with Gasteiger partial charge < -0.3 is 15.9 Å². The van der Waals surface area contributed by atoms with Gasteiger partial charge in [0.25, 0.3) is 0 Å². The van der Waals surface area contributed by atoms with Crippen LogP contribution in [0, 0.1) is 5.82 Å². The second-order valence-corrected chi connectivity index (χ2v) is 6.99. The molecule has 2 saturated carbocycles. The molecule has 4 N–H and O–H groups in total. The standard InChI is InChI=1S/C18H23FN2O2.H2O/c19-15-9-7-14(18(20)22)13-8-10-16(23-17(13)15)21(11-3-1-4-11)12-5-2-6-12;/h7,9,11-12,16H,1-6,8,10H2,(H2,20,22);1H2. The molecular weight excluding hydrogens is 311 g/mol. The van der Waals surface area contributed by atoms with Crippen LogP contribution in [0.4, 0.5) is 4.39 Å². The number of nitrogens with two attached hydrogens (primary N) is 1. The molecule has 0 spiro atoms. The molecule has 0 aromatic heterocycles. The molecule has 3 aliphatic rings.